The molecule has 0 saturated carbocycles. The van der Waals surface area contributed by atoms with Crippen LogP contribution in [0.25, 0.3) is 0 Å². The van der Waals surface area contributed by atoms with Crippen LogP contribution in [0.4, 0.5) is 0 Å². The van der Waals surface area contributed by atoms with E-state index in [-0.39, 0.29) is 0 Å². The van der Waals surface area contributed by atoms with Crippen molar-refractivity contribution in [2.45, 2.75) is 60.0 Å². The van der Waals surface area contributed by atoms with Gasteiger partial charge in [0.25, 0.3) is 0 Å². The van der Waals surface area contributed by atoms with Gasteiger partial charge in [0, 0.05) is 12.1 Å². The van der Waals surface area contributed by atoms with Gasteiger partial charge in [0.15, 0.2) is 0 Å². The van der Waals surface area contributed by atoms with Gasteiger partial charge in [-0.15, -0.1) is 0 Å². The van der Waals surface area contributed by atoms with E-state index in [2.05, 4.69) is 51.8 Å². The summed E-state index contributed by atoms with van der Waals surface area (Å²) in [5, 5.41) is 3.44. The van der Waals surface area contributed by atoms with Crippen molar-refractivity contribution in [2.75, 3.05) is 19.6 Å². The van der Waals surface area contributed by atoms with Crippen LogP contribution in [0.2, 0.25) is 0 Å². The highest BCUT2D eigenvalue weighted by atomic mass is 15.2. The molecule has 0 rings (SSSR count). The Bertz CT molecular complexity index is 147. The SMILES string of the molecule is CCNCC(C)C(C)N(CC)C(C)CC. The number of nitrogens with zero attached hydrogens (tertiary/aromatic N) is 1. The van der Waals surface area contributed by atoms with E-state index >= 15 is 0 Å². The second-order valence-electron chi connectivity index (χ2n) is 4.61. The fourth-order valence-corrected chi connectivity index (χ4v) is 2.11. The third-order valence-electron chi connectivity index (χ3n) is 3.59. The van der Waals surface area contributed by atoms with Gasteiger partial charge in [-0.25, -0.2) is 0 Å². The second-order valence-corrected chi connectivity index (χ2v) is 4.61. The maximum Gasteiger partial charge on any atom is 0.0107 e. The van der Waals surface area contributed by atoms with Gasteiger partial charge in [-0.1, -0.05) is 27.7 Å². The van der Waals surface area contributed by atoms with E-state index in [0.717, 1.165) is 25.6 Å². The minimum absolute atomic E-state index is 0.670. The van der Waals surface area contributed by atoms with Crippen LogP contribution < -0.4 is 5.32 Å². The summed E-state index contributed by atoms with van der Waals surface area (Å²) in [5.41, 5.74) is 0. The Kier molecular flexibility index (Phi) is 8.07. The zero-order valence-electron chi connectivity index (χ0n) is 11.5. The fourth-order valence-electron chi connectivity index (χ4n) is 2.11. The molecular weight excluding hydrogens is 184 g/mol. The number of nitrogens with one attached hydrogen (secondary N) is 1. The molecule has 0 bridgehead atoms. The lowest BCUT2D eigenvalue weighted by Crippen LogP contribution is -2.45. The normalized spacial score (nSPS) is 17.8. The Morgan fingerprint density at radius 1 is 1.07 bits per heavy atom. The molecule has 0 aromatic rings. The smallest absolute Gasteiger partial charge is 0.0107 e. The Hall–Kier alpha value is -0.0800. The summed E-state index contributed by atoms with van der Waals surface area (Å²) in [7, 11) is 0. The van der Waals surface area contributed by atoms with Gasteiger partial charge in [0.05, 0.1) is 0 Å². The molecular formula is C13H30N2. The largest absolute Gasteiger partial charge is 0.317 e. The molecule has 0 heterocycles. The first-order valence-electron chi connectivity index (χ1n) is 6.54. The molecule has 0 aliphatic rings. The van der Waals surface area contributed by atoms with Crippen molar-refractivity contribution in [3.8, 4) is 0 Å². The summed E-state index contributed by atoms with van der Waals surface area (Å²) in [6.45, 7) is 17.1. The van der Waals surface area contributed by atoms with Gasteiger partial charge in [-0.3, -0.25) is 4.90 Å². The Morgan fingerprint density at radius 3 is 2.07 bits per heavy atom. The first-order chi connectivity index (χ1) is 7.08. The van der Waals surface area contributed by atoms with Crippen LogP contribution in [-0.2, 0) is 0 Å². The molecule has 0 aromatic heterocycles. The summed E-state index contributed by atoms with van der Waals surface area (Å²) in [6.07, 6.45) is 1.24. The molecule has 0 saturated heterocycles. The highest BCUT2D eigenvalue weighted by Gasteiger charge is 2.21. The average Bonchev–Trinajstić information content (AvgIpc) is 2.26. The third kappa shape index (κ3) is 4.98. The molecule has 0 aliphatic heterocycles. The highest BCUT2D eigenvalue weighted by Crippen LogP contribution is 2.15. The quantitative estimate of drug-likeness (QED) is 0.668. The lowest BCUT2D eigenvalue weighted by molar-refractivity contribution is 0.119. The van der Waals surface area contributed by atoms with E-state index in [4.69, 9.17) is 0 Å². The monoisotopic (exact) mass is 214 g/mol. The Balaban J connectivity index is 4.17. The maximum absolute atomic E-state index is 3.44. The molecule has 0 aliphatic carbocycles. The van der Waals surface area contributed by atoms with E-state index in [1.807, 2.05) is 0 Å². The Morgan fingerprint density at radius 2 is 1.67 bits per heavy atom. The van der Waals surface area contributed by atoms with Gasteiger partial charge in [0.2, 0.25) is 0 Å². The third-order valence-corrected chi connectivity index (χ3v) is 3.59. The molecule has 15 heavy (non-hydrogen) atoms. The molecule has 2 nitrogen and oxygen atoms in total. The zero-order chi connectivity index (χ0) is 11.8. The highest BCUT2D eigenvalue weighted by molar-refractivity contribution is 4.77. The second kappa shape index (κ2) is 8.12. The van der Waals surface area contributed by atoms with Crippen molar-refractivity contribution in [3.63, 3.8) is 0 Å². The molecule has 0 spiro atoms. The van der Waals surface area contributed by atoms with Crippen LogP contribution >= 0.6 is 0 Å². The molecule has 1 N–H and O–H groups in total. The van der Waals surface area contributed by atoms with E-state index in [0.29, 0.717) is 12.1 Å². The van der Waals surface area contributed by atoms with Gasteiger partial charge >= 0.3 is 0 Å². The zero-order valence-corrected chi connectivity index (χ0v) is 11.5. The summed E-state index contributed by atoms with van der Waals surface area (Å²) in [5.74, 6) is 0.721. The first-order valence-corrected chi connectivity index (χ1v) is 6.54. The van der Waals surface area contributed by atoms with E-state index in [1.54, 1.807) is 0 Å². The van der Waals surface area contributed by atoms with Gasteiger partial charge < -0.3 is 5.32 Å². The lowest BCUT2D eigenvalue weighted by Gasteiger charge is -2.36. The van der Waals surface area contributed by atoms with E-state index < -0.39 is 0 Å². The van der Waals surface area contributed by atoms with Crippen LogP contribution in [0.3, 0.4) is 0 Å². The van der Waals surface area contributed by atoms with Crippen molar-refractivity contribution in [1.82, 2.24) is 10.2 Å². The molecule has 3 atom stereocenters. The van der Waals surface area contributed by atoms with Crippen LogP contribution in [0, 0.1) is 5.92 Å². The summed E-state index contributed by atoms with van der Waals surface area (Å²) < 4.78 is 0. The van der Waals surface area contributed by atoms with Crippen LogP contribution in [0.5, 0.6) is 0 Å². The topological polar surface area (TPSA) is 15.3 Å². The van der Waals surface area contributed by atoms with Crippen molar-refractivity contribution in [1.29, 1.82) is 0 Å². The van der Waals surface area contributed by atoms with Gasteiger partial charge in [0.1, 0.15) is 0 Å². The Labute approximate surface area is 96.4 Å². The number of hydrogen-bond acceptors (Lipinski definition) is 2. The minimum atomic E-state index is 0.670. The molecule has 0 aromatic carbocycles. The summed E-state index contributed by atoms with van der Waals surface area (Å²) in [4.78, 5) is 2.61. The van der Waals surface area contributed by atoms with Crippen molar-refractivity contribution < 1.29 is 0 Å². The predicted octanol–water partition coefficient (Wildman–Crippen LogP) is 2.74. The predicted molar refractivity (Wildman–Crippen MR) is 69.3 cm³/mol. The summed E-state index contributed by atoms with van der Waals surface area (Å²) >= 11 is 0. The molecule has 3 unspecified atom stereocenters. The van der Waals surface area contributed by atoms with Crippen molar-refractivity contribution in [3.05, 3.63) is 0 Å². The fraction of sp³-hybridized carbons (Fsp3) is 1.00. The lowest BCUT2D eigenvalue weighted by atomic mass is 10.00. The van der Waals surface area contributed by atoms with E-state index in [9.17, 15) is 0 Å². The van der Waals surface area contributed by atoms with E-state index in [1.165, 1.54) is 6.42 Å². The molecule has 2 heteroatoms. The molecule has 0 amide bonds. The minimum Gasteiger partial charge on any atom is -0.317 e. The average molecular weight is 214 g/mol. The van der Waals surface area contributed by atoms with Gasteiger partial charge in [-0.05, 0) is 45.8 Å². The molecule has 0 fully saturated rings. The van der Waals surface area contributed by atoms with Crippen molar-refractivity contribution >= 4 is 0 Å². The van der Waals surface area contributed by atoms with Crippen LogP contribution in [0.15, 0.2) is 0 Å². The van der Waals surface area contributed by atoms with Crippen LogP contribution in [0.1, 0.15) is 48.0 Å². The van der Waals surface area contributed by atoms with Crippen LogP contribution in [-0.4, -0.2) is 36.6 Å². The number of hydrogen-bond donors (Lipinski definition) is 1. The number of rotatable bonds is 8. The maximum atomic E-state index is 3.44. The van der Waals surface area contributed by atoms with Gasteiger partial charge in [-0.2, -0.15) is 0 Å². The summed E-state index contributed by atoms with van der Waals surface area (Å²) in [6, 6.07) is 1.37. The first kappa shape index (κ1) is 14.9. The standard InChI is InChI=1S/C13H30N2/c1-7-12(5)15(9-3)13(6)11(4)10-14-8-2/h11-14H,7-10H2,1-6H3. The molecule has 0 radical (unpaired) electrons. The van der Waals surface area contributed by atoms with Crippen molar-refractivity contribution in [2.24, 2.45) is 5.92 Å². The molecule has 92 valence electrons.